The molecule has 1 N–H and O–H groups in total. The second kappa shape index (κ2) is 7.06. The molecule has 3 rings (SSSR count). The molecule has 1 saturated heterocycles. The minimum Gasteiger partial charge on any atom is -0.476 e. The second-order valence-corrected chi connectivity index (χ2v) is 6.70. The van der Waals surface area contributed by atoms with Gasteiger partial charge in [0.05, 0.1) is 4.88 Å². The summed E-state index contributed by atoms with van der Waals surface area (Å²) in [5, 5.41) is 14.7. The van der Waals surface area contributed by atoms with Crippen LogP contribution in [0.1, 0.15) is 33.1 Å². The van der Waals surface area contributed by atoms with Gasteiger partial charge >= 0.3 is 5.97 Å². The third-order valence-corrected chi connectivity index (χ3v) is 5.05. The Balaban J connectivity index is 1.59. The molecular formula is C16H18N4O4S. The van der Waals surface area contributed by atoms with Crippen LogP contribution in [-0.2, 0) is 4.79 Å². The number of nitrogens with zero attached hydrogens (tertiary/aromatic N) is 4. The highest BCUT2D eigenvalue weighted by Crippen LogP contribution is 2.16. The zero-order valence-electron chi connectivity index (χ0n) is 13.7. The molecule has 25 heavy (non-hydrogen) atoms. The SMILES string of the molecule is CC(C(=O)N1CCN(C(=O)c2cccs2)CC1)n1ccc(C(=O)O)n1. The van der Waals surface area contributed by atoms with Gasteiger partial charge in [0.15, 0.2) is 5.69 Å². The van der Waals surface area contributed by atoms with E-state index in [0.717, 1.165) is 0 Å². The summed E-state index contributed by atoms with van der Waals surface area (Å²) in [6.45, 7) is 3.55. The number of hydrogen-bond acceptors (Lipinski definition) is 5. The van der Waals surface area contributed by atoms with Gasteiger partial charge in [-0.25, -0.2) is 4.79 Å². The molecule has 1 aliphatic heterocycles. The van der Waals surface area contributed by atoms with Crippen LogP contribution in [0.25, 0.3) is 0 Å². The molecule has 9 heteroatoms. The zero-order valence-corrected chi connectivity index (χ0v) is 14.5. The standard InChI is InChI=1S/C16H18N4O4S/c1-11(20-5-4-12(17-20)16(23)24)14(21)18-6-8-19(9-7-18)15(22)13-3-2-10-25-13/h2-5,10-11H,6-9H2,1H3,(H,23,24). The van der Waals surface area contributed by atoms with Crippen molar-refractivity contribution in [1.82, 2.24) is 19.6 Å². The number of carboxylic acids is 1. The van der Waals surface area contributed by atoms with E-state index in [-0.39, 0.29) is 17.5 Å². The number of carboxylic acid groups (broad SMARTS) is 1. The van der Waals surface area contributed by atoms with Crippen molar-refractivity contribution in [3.63, 3.8) is 0 Å². The lowest BCUT2D eigenvalue weighted by molar-refractivity contribution is -0.136. The Morgan fingerprint density at radius 2 is 1.84 bits per heavy atom. The number of carbonyl (C=O) groups excluding carboxylic acids is 2. The van der Waals surface area contributed by atoms with Gasteiger partial charge in [-0.1, -0.05) is 6.07 Å². The number of hydrogen-bond donors (Lipinski definition) is 1. The minimum atomic E-state index is -1.13. The highest BCUT2D eigenvalue weighted by Gasteiger charge is 2.28. The van der Waals surface area contributed by atoms with E-state index in [2.05, 4.69) is 5.10 Å². The van der Waals surface area contributed by atoms with Crippen LogP contribution >= 0.6 is 11.3 Å². The maximum atomic E-state index is 12.6. The van der Waals surface area contributed by atoms with Crippen LogP contribution in [-0.4, -0.2) is 68.6 Å². The fraction of sp³-hybridized carbons (Fsp3) is 0.375. The topological polar surface area (TPSA) is 95.7 Å². The van der Waals surface area contributed by atoms with Crippen molar-refractivity contribution in [2.45, 2.75) is 13.0 Å². The molecular weight excluding hydrogens is 344 g/mol. The van der Waals surface area contributed by atoms with Crippen LogP contribution in [0, 0.1) is 0 Å². The highest BCUT2D eigenvalue weighted by atomic mass is 32.1. The molecule has 3 heterocycles. The van der Waals surface area contributed by atoms with Gasteiger partial charge in [-0.2, -0.15) is 5.10 Å². The average Bonchev–Trinajstić information content (AvgIpc) is 3.31. The number of carbonyl (C=O) groups is 3. The molecule has 0 aromatic carbocycles. The average molecular weight is 362 g/mol. The molecule has 0 bridgehead atoms. The molecule has 1 atom stereocenters. The Labute approximate surface area is 148 Å². The van der Waals surface area contributed by atoms with Crippen molar-refractivity contribution < 1.29 is 19.5 Å². The minimum absolute atomic E-state index is 0.00618. The molecule has 1 fully saturated rings. The van der Waals surface area contributed by atoms with Crippen LogP contribution < -0.4 is 0 Å². The first kappa shape index (κ1) is 17.2. The molecule has 0 saturated carbocycles. The number of aromatic nitrogens is 2. The molecule has 2 amide bonds. The summed E-state index contributed by atoms with van der Waals surface area (Å²) in [6.07, 6.45) is 1.49. The van der Waals surface area contributed by atoms with E-state index in [1.54, 1.807) is 22.8 Å². The lowest BCUT2D eigenvalue weighted by atomic mass is 10.2. The number of rotatable bonds is 4. The smallest absolute Gasteiger partial charge is 0.356 e. The Morgan fingerprint density at radius 1 is 1.16 bits per heavy atom. The van der Waals surface area contributed by atoms with Gasteiger partial charge in [0.25, 0.3) is 5.91 Å². The van der Waals surface area contributed by atoms with Crippen molar-refractivity contribution in [3.05, 3.63) is 40.3 Å². The van der Waals surface area contributed by atoms with E-state index in [1.807, 2.05) is 11.4 Å². The lowest BCUT2D eigenvalue weighted by Gasteiger charge is -2.35. The zero-order chi connectivity index (χ0) is 18.0. The van der Waals surface area contributed by atoms with E-state index >= 15 is 0 Å². The summed E-state index contributed by atoms with van der Waals surface area (Å²) in [7, 11) is 0. The molecule has 0 aliphatic carbocycles. The van der Waals surface area contributed by atoms with Crippen LogP contribution in [0.15, 0.2) is 29.8 Å². The maximum Gasteiger partial charge on any atom is 0.356 e. The Bertz CT molecular complexity index is 778. The van der Waals surface area contributed by atoms with Gasteiger partial charge in [-0.3, -0.25) is 14.3 Å². The predicted molar refractivity (Wildman–Crippen MR) is 90.7 cm³/mol. The molecule has 1 unspecified atom stereocenters. The number of aromatic carboxylic acids is 1. The summed E-state index contributed by atoms with van der Waals surface area (Å²) in [4.78, 5) is 40.0. The van der Waals surface area contributed by atoms with Gasteiger partial charge in [-0.15, -0.1) is 11.3 Å². The van der Waals surface area contributed by atoms with Gasteiger partial charge in [0.2, 0.25) is 5.91 Å². The third kappa shape index (κ3) is 3.55. The van der Waals surface area contributed by atoms with E-state index in [0.29, 0.717) is 31.1 Å². The van der Waals surface area contributed by atoms with Gasteiger partial charge in [0, 0.05) is 32.4 Å². The van der Waals surface area contributed by atoms with Crippen LogP contribution in [0.4, 0.5) is 0 Å². The monoisotopic (exact) mass is 362 g/mol. The molecule has 0 spiro atoms. The Morgan fingerprint density at radius 3 is 2.40 bits per heavy atom. The molecule has 0 radical (unpaired) electrons. The summed E-state index contributed by atoms with van der Waals surface area (Å²) >= 11 is 1.41. The quantitative estimate of drug-likeness (QED) is 0.881. The molecule has 2 aromatic rings. The van der Waals surface area contributed by atoms with E-state index < -0.39 is 12.0 Å². The third-order valence-electron chi connectivity index (χ3n) is 4.19. The first-order valence-corrected chi connectivity index (χ1v) is 8.75. The summed E-state index contributed by atoms with van der Waals surface area (Å²) in [6, 6.07) is 4.41. The van der Waals surface area contributed by atoms with Crippen molar-refractivity contribution in [2.24, 2.45) is 0 Å². The van der Waals surface area contributed by atoms with Gasteiger partial charge in [0.1, 0.15) is 6.04 Å². The van der Waals surface area contributed by atoms with E-state index in [4.69, 9.17) is 5.11 Å². The van der Waals surface area contributed by atoms with Crippen LogP contribution in [0.3, 0.4) is 0 Å². The molecule has 132 valence electrons. The van der Waals surface area contributed by atoms with Gasteiger partial charge in [-0.05, 0) is 24.4 Å². The van der Waals surface area contributed by atoms with Crippen molar-refractivity contribution >= 4 is 29.1 Å². The Kier molecular flexibility index (Phi) is 4.84. The Hall–Kier alpha value is -2.68. The number of piperazine rings is 1. The number of thiophene rings is 1. The summed E-state index contributed by atoms with van der Waals surface area (Å²) in [5.74, 6) is -1.27. The number of amides is 2. The van der Waals surface area contributed by atoms with Crippen LogP contribution in [0.2, 0.25) is 0 Å². The summed E-state index contributed by atoms with van der Waals surface area (Å²) < 4.78 is 1.36. The highest BCUT2D eigenvalue weighted by molar-refractivity contribution is 7.12. The van der Waals surface area contributed by atoms with E-state index in [9.17, 15) is 14.4 Å². The largest absolute Gasteiger partial charge is 0.476 e. The normalized spacial score (nSPS) is 15.9. The first-order valence-electron chi connectivity index (χ1n) is 7.87. The maximum absolute atomic E-state index is 12.6. The second-order valence-electron chi connectivity index (χ2n) is 5.76. The predicted octanol–water partition coefficient (Wildman–Crippen LogP) is 1.19. The summed E-state index contributed by atoms with van der Waals surface area (Å²) in [5.41, 5.74) is -0.0917. The first-order chi connectivity index (χ1) is 12.0. The van der Waals surface area contributed by atoms with E-state index in [1.165, 1.54) is 28.3 Å². The lowest BCUT2D eigenvalue weighted by Crippen LogP contribution is -2.51. The molecule has 2 aromatic heterocycles. The van der Waals surface area contributed by atoms with Crippen molar-refractivity contribution in [2.75, 3.05) is 26.2 Å². The molecule has 1 aliphatic rings. The molecule has 8 nitrogen and oxygen atoms in total. The van der Waals surface area contributed by atoms with Crippen molar-refractivity contribution in [3.8, 4) is 0 Å². The fourth-order valence-electron chi connectivity index (χ4n) is 2.73. The van der Waals surface area contributed by atoms with Gasteiger partial charge < -0.3 is 14.9 Å². The van der Waals surface area contributed by atoms with Crippen molar-refractivity contribution in [1.29, 1.82) is 0 Å². The fourth-order valence-corrected chi connectivity index (χ4v) is 3.42. The van der Waals surface area contributed by atoms with Crippen LogP contribution in [0.5, 0.6) is 0 Å².